The fourth-order valence-electron chi connectivity index (χ4n) is 1.83. The van der Waals surface area contributed by atoms with E-state index in [0.717, 1.165) is 24.5 Å². The first kappa shape index (κ1) is 13.1. The minimum atomic E-state index is 0.803. The summed E-state index contributed by atoms with van der Waals surface area (Å²) in [7, 11) is 0. The van der Waals surface area contributed by atoms with Crippen LogP contribution in [0, 0.1) is 3.57 Å². The normalized spacial score (nSPS) is 10.3. The molecule has 1 aromatic carbocycles. The van der Waals surface area contributed by atoms with Gasteiger partial charge in [0.15, 0.2) is 0 Å². The van der Waals surface area contributed by atoms with Gasteiger partial charge in [-0.3, -0.25) is 4.98 Å². The molecule has 1 heterocycles. The minimum Gasteiger partial charge on any atom is -0.399 e. The predicted molar refractivity (Wildman–Crippen MR) is 84.5 cm³/mol. The summed E-state index contributed by atoms with van der Waals surface area (Å²) in [5, 5.41) is 0. The molecule has 0 bridgehead atoms. The highest BCUT2D eigenvalue weighted by molar-refractivity contribution is 14.1. The van der Waals surface area contributed by atoms with Crippen molar-refractivity contribution in [1.29, 1.82) is 0 Å². The second-order valence-corrected chi connectivity index (χ2v) is 5.21. The topological polar surface area (TPSA) is 42.2 Å². The second kappa shape index (κ2) is 6.04. The molecule has 2 aromatic rings. The lowest BCUT2D eigenvalue weighted by atomic mass is 10.2. The number of pyridine rings is 1. The molecule has 0 fully saturated rings. The van der Waals surface area contributed by atoms with Gasteiger partial charge in [0.1, 0.15) is 0 Å². The number of halogens is 1. The molecule has 18 heavy (non-hydrogen) atoms. The van der Waals surface area contributed by atoms with E-state index in [2.05, 4.69) is 45.5 Å². The van der Waals surface area contributed by atoms with Gasteiger partial charge in [-0.05, 0) is 59.8 Å². The lowest BCUT2D eigenvalue weighted by molar-refractivity contribution is 0.807. The fourth-order valence-corrected chi connectivity index (χ4v) is 2.71. The molecule has 2 rings (SSSR count). The molecule has 0 aliphatic heterocycles. The van der Waals surface area contributed by atoms with E-state index in [4.69, 9.17) is 5.73 Å². The number of nitrogens with two attached hydrogens (primary N) is 1. The molecule has 1 aromatic heterocycles. The Hall–Kier alpha value is -1.30. The van der Waals surface area contributed by atoms with E-state index in [1.807, 2.05) is 36.5 Å². The van der Waals surface area contributed by atoms with Crippen molar-refractivity contribution in [2.75, 3.05) is 17.2 Å². The molecule has 0 saturated carbocycles. The molecule has 4 heteroatoms. The van der Waals surface area contributed by atoms with Crippen LogP contribution >= 0.6 is 22.6 Å². The van der Waals surface area contributed by atoms with E-state index in [1.54, 1.807) is 0 Å². The summed E-state index contributed by atoms with van der Waals surface area (Å²) in [6, 6.07) is 12.0. The van der Waals surface area contributed by atoms with E-state index in [-0.39, 0.29) is 0 Å². The average molecular weight is 353 g/mol. The Morgan fingerprint density at radius 3 is 2.72 bits per heavy atom. The van der Waals surface area contributed by atoms with Crippen molar-refractivity contribution in [1.82, 2.24) is 4.98 Å². The number of nitrogen functional groups attached to an aromatic ring is 1. The van der Waals surface area contributed by atoms with Gasteiger partial charge in [-0.1, -0.05) is 6.07 Å². The molecule has 0 radical (unpaired) electrons. The third-order valence-corrected chi connectivity index (χ3v) is 3.64. The van der Waals surface area contributed by atoms with Crippen LogP contribution in [0.1, 0.15) is 12.6 Å². The molecule has 0 atom stereocenters. The third-order valence-electron chi connectivity index (χ3n) is 2.77. The van der Waals surface area contributed by atoms with Crippen LogP contribution in [0.3, 0.4) is 0 Å². The van der Waals surface area contributed by atoms with Crippen molar-refractivity contribution in [3.05, 3.63) is 51.9 Å². The standard InChI is InChI=1S/C14H16IN3/c1-2-18(10-12-5-3-4-8-17-12)14-7-6-11(16)9-13(14)15/h3-9H,2,10,16H2,1H3. The van der Waals surface area contributed by atoms with Crippen LogP contribution in [0.2, 0.25) is 0 Å². The first-order valence-corrected chi connectivity index (χ1v) is 6.98. The summed E-state index contributed by atoms with van der Waals surface area (Å²) >= 11 is 2.33. The van der Waals surface area contributed by atoms with E-state index in [9.17, 15) is 0 Å². The monoisotopic (exact) mass is 353 g/mol. The van der Waals surface area contributed by atoms with E-state index in [0.29, 0.717) is 0 Å². The van der Waals surface area contributed by atoms with Crippen molar-refractivity contribution < 1.29 is 0 Å². The molecule has 0 aliphatic rings. The highest BCUT2D eigenvalue weighted by atomic mass is 127. The van der Waals surface area contributed by atoms with Crippen LogP contribution in [-0.2, 0) is 6.54 Å². The summed E-state index contributed by atoms with van der Waals surface area (Å²) in [5.41, 5.74) is 8.87. The summed E-state index contributed by atoms with van der Waals surface area (Å²) in [5.74, 6) is 0. The van der Waals surface area contributed by atoms with Gasteiger partial charge in [0.2, 0.25) is 0 Å². The number of aromatic nitrogens is 1. The molecule has 0 saturated heterocycles. The predicted octanol–water partition coefficient (Wildman–Crippen LogP) is 3.29. The molecule has 0 amide bonds. The lowest BCUT2D eigenvalue weighted by Gasteiger charge is -2.24. The zero-order chi connectivity index (χ0) is 13.0. The van der Waals surface area contributed by atoms with E-state index < -0.39 is 0 Å². The van der Waals surface area contributed by atoms with Crippen LogP contribution < -0.4 is 10.6 Å². The van der Waals surface area contributed by atoms with Crippen molar-refractivity contribution >= 4 is 34.0 Å². The van der Waals surface area contributed by atoms with Gasteiger partial charge in [-0.2, -0.15) is 0 Å². The maximum Gasteiger partial charge on any atom is 0.0602 e. The van der Waals surface area contributed by atoms with Gasteiger partial charge < -0.3 is 10.6 Å². The van der Waals surface area contributed by atoms with E-state index >= 15 is 0 Å². The highest BCUT2D eigenvalue weighted by Gasteiger charge is 2.09. The number of nitrogens with zero attached hydrogens (tertiary/aromatic N) is 2. The number of hydrogen-bond donors (Lipinski definition) is 1. The Labute approximate surface area is 121 Å². The van der Waals surface area contributed by atoms with Gasteiger partial charge in [-0.15, -0.1) is 0 Å². The lowest BCUT2D eigenvalue weighted by Crippen LogP contribution is -2.23. The van der Waals surface area contributed by atoms with Crippen LogP contribution in [0.25, 0.3) is 0 Å². The third kappa shape index (κ3) is 3.13. The zero-order valence-corrected chi connectivity index (χ0v) is 12.5. The molecular weight excluding hydrogens is 337 g/mol. The molecule has 2 N–H and O–H groups in total. The molecule has 0 spiro atoms. The van der Waals surface area contributed by atoms with Crippen LogP contribution in [0.5, 0.6) is 0 Å². The van der Waals surface area contributed by atoms with Crippen molar-refractivity contribution in [3.63, 3.8) is 0 Å². The number of hydrogen-bond acceptors (Lipinski definition) is 3. The largest absolute Gasteiger partial charge is 0.399 e. The highest BCUT2D eigenvalue weighted by Crippen LogP contribution is 2.25. The minimum absolute atomic E-state index is 0.803. The first-order valence-electron chi connectivity index (χ1n) is 5.90. The van der Waals surface area contributed by atoms with Gasteiger partial charge in [0.05, 0.1) is 17.9 Å². The van der Waals surface area contributed by atoms with Gasteiger partial charge >= 0.3 is 0 Å². The Balaban J connectivity index is 2.23. The Morgan fingerprint density at radius 2 is 2.11 bits per heavy atom. The van der Waals surface area contributed by atoms with Crippen LogP contribution in [-0.4, -0.2) is 11.5 Å². The number of anilines is 2. The SMILES string of the molecule is CCN(Cc1ccccn1)c1ccc(N)cc1I. The smallest absolute Gasteiger partial charge is 0.0602 e. The van der Waals surface area contributed by atoms with Crippen molar-refractivity contribution in [3.8, 4) is 0 Å². The van der Waals surface area contributed by atoms with Crippen LogP contribution in [0.15, 0.2) is 42.6 Å². The first-order chi connectivity index (χ1) is 8.70. The Morgan fingerprint density at radius 1 is 1.28 bits per heavy atom. The van der Waals surface area contributed by atoms with Crippen molar-refractivity contribution in [2.45, 2.75) is 13.5 Å². The van der Waals surface area contributed by atoms with Gasteiger partial charge in [-0.25, -0.2) is 0 Å². The number of benzene rings is 1. The van der Waals surface area contributed by atoms with Crippen molar-refractivity contribution in [2.24, 2.45) is 0 Å². The Bertz CT molecular complexity index is 514. The number of rotatable bonds is 4. The average Bonchev–Trinajstić information content (AvgIpc) is 2.38. The van der Waals surface area contributed by atoms with Gasteiger partial charge in [0, 0.05) is 22.0 Å². The molecule has 0 unspecified atom stereocenters. The zero-order valence-electron chi connectivity index (χ0n) is 10.3. The summed E-state index contributed by atoms with van der Waals surface area (Å²) in [6.07, 6.45) is 1.83. The van der Waals surface area contributed by atoms with Crippen LogP contribution in [0.4, 0.5) is 11.4 Å². The van der Waals surface area contributed by atoms with Gasteiger partial charge in [0.25, 0.3) is 0 Å². The summed E-state index contributed by atoms with van der Waals surface area (Å²) < 4.78 is 1.17. The molecule has 3 nitrogen and oxygen atoms in total. The molecule has 94 valence electrons. The quantitative estimate of drug-likeness (QED) is 0.678. The van der Waals surface area contributed by atoms with E-state index in [1.165, 1.54) is 9.26 Å². The summed E-state index contributed by atoms with van der Waals surface area (Å²) in [4.78, 5) is 6.67. The fraction of sp³-hybridized carbons (Fsp3) is 0.214. The maximum atomic E-state index is 5.79. The summed E-state index contributed by atoms with van der Waals surface area (Å²) in [6.45, 7) is 3.91. The molecule has 0 aliphatic carbocycles. The Kier molecular flexibility index (Phi) is 4.41. The maximum absolute atomic E-state index is 5.79. The molecular formula is C14H16IN3. The second-order valence-electron chi connectivity index (χ2n) is 4.05.